The van der Waals surface area contributed by atoms with E-state index in [0.29, 0.717) is 28.8 Å². The van der Waals surface area contributed by atoms with Crippen molar-refractivity contribution in [3.8, 4) is 23.0 Å². The number of aliphatic hydroxyl groups excluding tert-OH is 2. The van der Waals surface area contributed by atoms with E-state index in [1.807, 2.05) is 26.0 Å². The third-order valence-electron chi connectivity index (χ3n) is 5.91. The molecule has 2 aromatic heterocycles. The zero-order valence-corrected chi connectivity index (χ0v) is 19.0. The first-order valence-corrected chi connectivity index (χ1v) is 12.2. The van der Waals surface area contributed by atoms with E-state index in [1.165, 1.54) is 0 Å². The van der Waals surface area contributed by atoms with Crippen LogP contribution in [0.3, 0.4) is 0 Å². The fourth-order valence-corrected chi connectivity index (χ4v) is 5.93. The van der Waals surface area contributed by atoms with Gasteiger partial charge in [-0.1, -0.05) is 12.1 Å². The molecule has 32 heavy (non-hydrogen) atoms. The van der Waals surface area contributed by atoms with Crippen molar-refractivity contribution in [1.29, 1.82) is 0 Å². The number of aliphatic hydroxyl groups is 2. The summed E-state index contributed by atoms with van der Waals surface area (Å²) in [6.07, 6.45) is -1.43. The number of sulfone groups is 1. The number of nitrogens with zero attached hydrogens (tertiary/aromatic N) is 3. The van der Waals surface area contributed by atoms with Gasteiger partial charge in [0.1, 0.15) is 17.3 Å². The van der Waals surface area contributed by atoms with Gasteiger partial charge in [-0.05, 0) is 56.9 Å². The molecule has 2 heterocycles. The first-order chi connectivity index (χ1) is 15.2. The summed E-state index contributed by atoms with van der Waals surface area (Å²) >= 11 is 0. The molecule has 0 saturated heterocycles. The third kappa shape index (κ3) is 4.17. The second-order valence-corrected chi connectivity index (χ2v) is 10.5. The Morgan fingerprint density at radius 2 is 1.91 bits per heavy atom. The summed E-state index contributed by atoms with van der Waals surface area (Å²) in [6, 6.07) is 9.10. The van der Waals surface area contributed by atoms with Crippen molar-refractivity contribution >= 4 is 9.84 Å². The van der Waals surface area contributed by atoms with Crippen LogP contribution in [0, 0.1) is 13.8 Å². The molecule has 3 atom stereocenters. The fourth-order valence-electron chi connectivity index (χ4n) is 4.16. The van der Waals surface area contributed by atoms with Gasteiger partial charge in [-0.2, -0.15) is 0 Å². The SMILES string of the molecule is COc1cccc(C)c1-n1c(CS(=O)(=O)[C@H]2CC[C@@H](O)[C@H](O)C2)nnc1-c1ccc(C)o1. The Bertz CT molecular complexity index is 1220. The third-order valence-corrected chi connectivity index (χ3v) is 8.01. The molecule has 1 aliphatic carbocycles. The summed E-state index contributed by atoms with van der Waals surface area (Å²) in [6.45, 7) is 3.71. The first-order valence-electron chi connectivity index (χ1n) is 10.4. The molecule has 2 N–H and O–H groups in total. The maximum absolute atomic E-state index is 13.3. The van der Waals surface area contributed by atoms with Crippen molar-refractivity contribution in [2.24, 2.45) is 0 Å². The molecule has 4 rings (SSSR count). The summed E-state index contributed by atoms with van der Waals surface area (Å²) < 4.78 is 39.5. The molecule has 10 heteroatoms. The average molecular weight is 462 g/mol. The van der Waals surface area contributed by atoms with Crippen LogP contribution in [0.5, 0.6) is 5.75 Å². The van der Waals surface area contributed by atoms with Crippen LogP contribution in [-0.2, 0) is 15.6 Å². The Labute approximate surface area is 186 Å². The smallest absolute Gasteiger partial charge is 0.204 e. The highest BCUT2D eigenvalue weighted by atomic mass is 32.2. The maximum Gasteiger partial charge on any atom is 0.204 e. The van der Waals surface area contributed by atoms with E-state index in [9.17, 15) is 18.6 Å². The topological polar surface area (TPSA) is 128 Å². The summed E-state index contributed by atoms with van der Waals surface area (Å²) in [7, 11) is -2.14. The largest absolute Gasteiger partial charge is 0.495 e. The van der Waals surface area contributed by atoms with Crippen molar-refractivity contribution in [3.05, 3.63) is 47.5 Å². The number of ether oxygens (including phenoxy) is 1. The number of para-hydroxylation sites is 1. The van der Waals surface area contributed by atoms with Crippen LogP contribution in [0.2, 0.25) is 0 Å². The van der Waals surface area contributed by atoms with E-state index in [4.69, 9.17) is 9.15 Å². The van der Waals surface area contributed by atoms with Gasteiger partial charge in [0.2, 0.25) is 5.82 Å². The minimum Gasteiger partial charge on any atom is -0.495 e. The Hall–Kier alpha value is -2.69. The molecule has 1 saturated carbocycles. The van der Waals surface area contributed by atoms with E-state index < -0.39 is 27.3 Å². The lowest BCUT2D eigenvalue weighted by atomic mass is 9.95. The van der Waals surface area contributed by atoms with Gasteiger partial charge in [0, 0.05) is 0 Å². The zero-order chi connectivity index (χ0) is 23.0. The maximum atomic E-state index is 13.3. The Morgan fingerprint density at radius 1 is 1.12 bits per heavy atom. The van der Waals surface area contributed by atoms with E-state index >= 15 is 0 Å². The molecule has 3 aromatic rings. The van der Waals surface area contributed by atoms with Crippen molar-refractivity contribution in [3.63, 3.8) is 0 Å². The number of aromatic nitrogens is 3. The Morgan fingerprint density at radius 3 is 2.56 bits per heavy atom. The molecule has 0 bridgehead atoms. The van der Waals surface area contributed by atoms with Crippen LogP contribution in [0.4, 0.5) is 0 Å². The lowest BCUT2D eigenvalue weighted by Gasteiger charge is -2.29. The second kappa shape index (κ2) is 8.68. The van der Waals surface area contributed by atoms with Crippen LogP contribution in [0.25, 0.3) is 17.3 Å². The zero-order valence-electron chi connectivity index (χ0n) is 18.2. The highest BCUT2D eigenvalue weighted by Crippen LogP contribution is 2.34. The molecule has 0 radical (unpaired) electrons. The molecule has 9 nitrogen and oxygen atoms in total. The summed E-state index contributed by atoms with van der Waals surface area (Å²) in [5.74, 6) is 1.92. The van der Waals surface area contributed by atoms with E-state index in [2.05, 4.69) is 10.2 Å². The standard InChI is InChI=1S/C22H27N3O6S/c1-13-5-4-6-18(30-3)21(13)25-20(23-24-22(25)19-10-7-14(2)31-19)12-32(28,29)15-8-9-16(26)17(27)11-15/h4-7,10,15-17,26-27H,8-9,11-12H2,1-3H3/t15-,16+,17+/m0/s1. The molecule has 0 spiro atoms. The Kier molecular flexibility index (Phi) is 6.11. The number of benzene rings is 1. The number of methoxy groups -OCH3 is 1. The van der Waals surface area contributed by atoms with Crippen LogP contribution in [-0.4, -0.2) is 58.0 Å². The minimum absolute atomic E-state index is 0.00441. The normalized spacial score (nSPS) is 21.6. The number of aryl methyl sites for hydroxylation is 2. The summed E-state index contributed by atoms with van der Waals surface area (Å²) in [5.41, 5.74) is 1.48. The second-order valence-electron chi connectivity index (χ2n) is 8.19. The number of hydrogen-bond acceptors (Lipinski definition) is 8. The van der Waals surface area contributed by atoms with Crippen LogP contribution < -0.4 is 4.74 Å². The van der Waals surface area contributed by atoms with Crippen molar-refractivity contribution in [1.82, 2.24) is 14.8 Å². The molecular weight excluding hydrogens is 434 g/mol. The van der Waals surface area contributed by atoms with Gasteiger partial charge in [-0.25, -0.2) is 8.42 Å². The quantitative estimate of drug-likeness (QED) is 0.573. The van der Waals surface area contributed by atoms with Crippen LogP contribution in [0.1, 0.15) is 36.4 Å². The van der Waals surface area contributed by atoms with Gasteiger partial charge in [0.25, 0.3) is 0 Å². The molecule has 1 aliphatic rings. The lowest BCUT2D eigenvalue weighted by molar-refractivity contribution is -0.00755. The van der Waals surface area contributed by atoms with Crippen molar-refractivity contribution in [2.75, 3.05) is 7.11 Å². The van der Waals surface area contributed by atoms with Gasteiger partial charge in [-0.3, -0.25) is 4.57 Å². The molecule has 0 aliphatic heterocycles. The lowest BCUT2D eigenvalue weighted by Crippen LogP contribution is -2.40. The average Bonchev–Trinajstić information content (AvgIpc) is 3.35. The predicted molar refractivity (Wildman–Crippen MR) is 117 cm³/mol. The Balaban J connectivity index is 1.81. The van der Waals surface area contributed by atoms with Gasteiger partial charge in [0.15, 0.2) is 21.4 Å². The monoisotopic (exact) mass is 461 g/mol. The molecule has 172 valence electrons. The predicted octanol–water partition coefficient (Wildman–Crippen LogP) is 2.34. The van der Waals surface area contributed by atoms with Gasteiger partial charge < -0.3 is 19.4 Å². The van der Waals surface area contributed by atoms with E-state index in [1.54, 1.807) is 29.9 Å². The molecule has 1 fully saturated rings. The molecule has 1 aromatic carbocycles. The summed E-state index contributed by atoms with van der Waals surface area (Å²) in [5, 5.41) is 27.5. The van der Waals surface area contributed by atoms with Crippen LogP contribution >= 0.6 is 0 Å². The van der Waals surface area contributed by atoms with Crippen molar-refractivity contribution < 1.29 is 27.8 Å². The van der Waals surface area contributed by atoms with E-state index in [0.717, 1.165) is 5.56 Å². The minimum atomic E-state index is -3.69. The van der Waals surface area contributed by atoms with Gasteiger partial charge in [-0.15, -0.1) is 10.2 Å². The van der Waals surface area contributed by atoms with E-state index in [-0.39, 0.29) is 30.8 Å². The van der Waals surface area contributed by atoms with Crippen LogP contribution in [0.15, 0.2) is 34.7 Å². The molecule has 0 amide bonds. The first kappa shape index (κ1) is 22.5. The fraction of sp³-hybridized carbons (Fsp3) is 0.455. The molecular formula is C22H27N3O6S. The highest BCUT2D eigenvalue weighted by molar-refractivity contribution is 7.91. The summed E-state index contributed by atoms with van der Waals surface area (Å²) in [4.78, 5) is 0. The molecule has 0 unspecified atom stereocenters. The number of rotatable bonds is 6. The number of hydrogen-bond donors (Lipinski definition) is 2. The highest BCUT2D eigenvalue weighted by Gasteiger charge is 2.37. The van der Waals surface area contributed by atoms with Gasteiger partial charge >= 0.3 is 0 Å². The number of furan rings is 1. The van der Waals surface area contributed by atoms with Gasteiger partial charge in [0.05, 0.1) is 30.3 Å². The van der Waals surface area contributed by atoms with Crippen molar-refractivity contribution in [2.45, 2.75) is 56.3 Å².